The zero-order chi connectivity index (χ0) is 19.1. The van der Waals surface area contributed by atoms with Gasteiger partial charge in [0.05, 0.1) is 6.61 Å². The van der Waals surface area contributed by atoms with E-state index < -0.39 is 0 Å². The molecule has 0 radical (unpaired) electrons. The number of nitrogens with zero attached hydrogens (tertiary/aromatic N) is 4. The Balaban J connectivity index is 1.49. The van der Waals surface area contributed by atoms with Crippen LogP contribution in [-0.4, -0.2) is 65.9 Å². The second kappa shape index (κ2) is 9.53. The van der Waals surface area contributed by atoms with E-state index >= 15 is 0 Å². The van der Waals surface area contributed by atoms with Crippen molar-refractivity contribution in [1.29, 1.82) is 0 Å². The molecule has 2 fully saturated rings. The lowest BCUT2D eigenvalue weighted by Gasteiger charge is -2.31. The molecule has 3 rings (SSSR count). The second-order valence-corrected chi connectivity index (χ2v) is 7.11. The lowest BCUT2D eigenvalue weighted by Crippen LogP contribution is -2.46. The highest BCUT2D eigenvalue weighted by atomic mass is 16.6. The third kappa shape index (κ3) is 5.30. The second-order valence-electron chi connectivity index (χ2n) is 7.11. The minimum atomic E-state index is -0.280. The Kier molecular flexibility index (Phi) is 6.84. The maximum atomic E-state index is 12.4. The van der Waals surface area contributed by atoms with E-state index in [9.17, 15) is 9.59 Å². The molecule has 2 saturated heterocycles. The molecule has 0 bridgehead atoms. The lowest BCUT2D eigenvalue weighted by atomic mass is 10.1. The van der Waals surface area contributed by atoms with Crippen molar-refractivity contribution in [3.8, 4) is 0 Å². The zero-order valence-electron chi connectivity index (χ0n) is 16.0. The third-order valence-electron chi connectivity index (χ3n) is 5.17. The molecule has 148 valence electrons. The standard InChI is InChI=1S/C19H29N5O3/c1-2-27-19(26)24-13-9-15(10-14-24)20-18(25)16-7-8-17(22-21-16)23-11-5-3-4-6-12-23/h7-8,15H,2-6,9-14H2,1H3,(H,20,25). The average Bonchev–Trinajstić information content (AvgIpc) is 2.98. The van der Waals surface area contributed by atoms with Crippen LogP contribution in [0.3, 0.4) is 0 Å². The van der Waals surface area contributed by atoms with Crippen LogP contribution in [-0.2, 0) is 4.74 Å². The number of aromatic nitrogens is 2. The number of anilines is 1. The van der Waals surface area contributed by atoms with Gasteiger partial charge in [0, 0.05) is 32.2 Å². The molecular formula is C19H29N5O3. The molecule has 1 aromatic rings. The first-order valence-corrected chi connectivity index (χ1v) is 9.98. The number of ether oxygens (including phenoxy) is 1. The molecule has 0 spiro atoms. The van der Waals surface area contributed by atoms with Crippen molar-refractivity contribution >= 4 is 17.8 Å². The van der Waals surface area contributed by atoms with E-state index in [1.807, 2.05) is 6.07 Å². The Morgan fingerprint density at radius 1 is 1.07 bits per heavy atom. The van der Waals surface area contributed by atoms with Crippen molar-refractivity contribution in [2.24, 2.45) is 0 Å². The van der Waals surface area contributed by atoms with Crippen LogP contribution in [0, 0.1) is 0 Å². The van der Waals surface area contributed by atoms with Gasteiger partial charge in [-0.2, -0.15) is 0 Å². The summed E-state index contributed by atoms with van der Waals surface area (Å²) in [6, 6.07) is 3.67. The fraction of sp³-hybridized carbons (Fsp3) is 0.684. The molecule has 3 heterocycles. The molecule has 1 aromatic heterocycles. The molecule has 0 saturated carbocycles. The summed E-state index contributed by atoms with van der Waals surface area (Å²) in [5, 5.41) is 11.4. The van der Waals surface area contributed by atoms with Gasteiger partial charge in [0.25, 0.3) is 5.91 Å². The smallest absolute Gasteiger partial charge is 0.409 e. The van der Waals surface area contributed by atoms with Crippen molar-refractivity contribution < 1.29 is 14.3 Å². The Labute approximate surface area is 160 Å². The van der Waals surface area contributed by atoms with E-state index in [1.54, 1.807) is 17.9 Å². The first kappa shape index (κ1) is 19.4. The number of nitrogens with one attached hydrogen (secondary N) is 1. The monoisotopic (exact) mass is 375 g/mol. The van der Waals surface area contributed by atoms with E-state index in [0.29, 0.717) is 38.2 Å². The fourth-order valence-electron chi connectivity index (χ4n) is 3.60. The molecule has 0 aliphatic carbocycles. The van der Waals surface area contributed by atoms with Crippen molar-refractivity contribution in [2.75, 3.05) is 37.7 Å². The molecule has 8 heteroatoms. The van der Waals surface area contributed by atoms with E-state index in [4.69, 9.17) is 4.74 Å². The van der Waals surface area contributed by atoms with Crippen LogP contribution in [0.15, 0.2) is 12.1 Å². The summed E-state index contributed by atoms with van der Waals surface area (Å²) in [4.78, 5) is 28.1. The Hall–Kier alpha value is -2.38. The van der Waals surface area contributed by atoms with Crippen LogP contribution in [0.2, 0.25) is 0 Å². The van der Waals surface area contributed by atoms with Crippen LogP contribution in [0.1, 0.15) is 55.9 Å². The van der Waals surface area contributed by atoms with Crippen LogP contribution in [0.25, 0.3) is 0 Å². The number of likely N-dealkylation sites (tertiary alicyclic amines) is 1. The fourth-order valence-corrected chi connectivity index (χ4v) is 3.60. The van der Waals surface area contributed by atoms with Gasteiger partial charge in [-0.25, -0.2) is 4.79 Å². The molecule has 0 aromatic carbocycles. The number of amides is 2. The van der Waals surface area contributed by atoms with Gasteiger partial charge in [-0.3, -0.25) is 4.79 Å². The van der Waals surface area contributed by atoms with Crippen molar-refractivity contribution in [3.63, 3.8) is 0 Å². The minimum absolute atomic E-state index is 0.0373. The maximum Gasteiger partial charge on any atom is 0.409 e. The lowest BCUT2D eigenvalue weighted by molar-refractivity contribution is 0.0856. The SMILES string of the molecule is CCOC(=O)N1CCC(NC(=O)c2ccc(N3CCCCCC3)nn2)CC1. The molecule has 2 aliphatic heterocycles. The number of hydrogen-bond donors (Lipinski definition) is 1. The molecule has 0 unspecified atom stereocenters. The molecule has 8 nitrogen and oxygen atoms in total. The van der Waals surface area contributed by atoms with Gasteiger partial charge < -0.3 is 19.9 Å². The molecule has 1 N–H and O–H groups in total. The largest absolute Gasteiger partial charge is 0.450 e. The summed E-state index contributed by atoms with van der Waals surface area (Å²) in [6.45, 7) is 5.34. The minimum Gasteiger partial charge on any atom is -0.450 e. The van der Waals surface area contributed by atoms with Gasteiger partial charge in [0.2, 0.25) is 0 Å². The van der Waals surface area contributed by atoms with Crippen LogP contribution >= 0.6 is 0 Å². The Morgan fingerprint density at radius 2 is 1.78 bits per heavy atom. The summed E-state index contributed by atoms with van der Waals surface area (Å²) in [5.41, 5.74) is 0.335. The Bertz CT molecular complexity index is 621. The van der Waals surface area contributed by atoms with Gasteiger partial charge in [-0.15, -0.1) is 10.2 Å². The van der Waals surface area contributed by atoms with Gasteiger partial charge in [0.1, 0.15) is 0 Å². The summed E-state index contributed by atoms with van der Waals surface area (Å²) in [6.07, 6.45) is 6.02. The van der Waals surface area contributed by atoms with Crippen LogP contribution in [0.4, 0.5) is 10.6 Å². The number of carbonyl (C=O) groups is 2. The van der Waals surface area contributed by atoms with Crippen LogP contribution < -0.4 is 10.2 Å². The van der Waals surface area contributed by atoms with Gasteiger partial charge in [0.15, 0.2) is 11.5 Å². The van der Waals surface area contributed by atoms with Crippen molar-refractivity contribution in [1.82, 2.24) is 20.4 Å². The molecule has 2 aliphatic rings. The molecular weight excluding hydrogens is 346 g/mol. The van der Waals surface area contributed by atoms with Crippen molar-refractivity contribution in [3.05, 3.63) is 17.8 Å². The number of piperidine rings is 1. The predicted molar refractivity (Wildman–Crippen MR) is 102 cm³/mol. The Morgan fingerprint density at radius 3 is 2.37 bits per heavy atom. The zero-order valence-corrected chi connectivity index (χ0v) is 16.0. The molecule has 0 atom stereocenters. The molecule has 2 amide bonds. The van der Waals surface area contributed by atoms with E-state index in [0.717, 1.165) is 18.9 Å². The van der Waals surface area contributed by atoms with E-state index in [1.165, 1.54) is 25.7 Å². The number of rotatable bonds is 4. The highest BCUT2D eigenvalue weighted by Gasteiger charge is 2.25. The highest BCUT2D eigenvalue weighted by molar-refractivity contribution is 5.92. The van der Waals surface area contributed by atoms with Crippen LogP contribution in [0.5, 0.6) is 0 Å². The first-order valence-electron chi connectivity index (χ1n) is 9.98. The van der Waals surface area contributed by atoms with Crippen molar-refractivity contribution in [2.45, 2.75) is 51.5 Å². The van der Waals surface area contributed by atoms with Gasteiger partial charge >= 0.3 is 6.09 Å². The topological polar surface area (TPSA) is 87.7 Å². The average molecular weight is 375 g/mol. The predicted octanol–water partition coefficient (Wildman–Crippen LogP) is 2.21. The summed E-state index contributed by atoms with van der Waals surface area (Å²) in [5.74, 6) is 0.635. The molecule has 27 heavy (non-hydrogen) atoms. The first-order chi connectivity index (χ1) is 13.2. The quantitative estimate of drug-likeness (QED) is 0.868. The summed E-state index contributed by atoms with van der Waals surface area (Å²) in [7, 11) is 0. The third-order valence-corrected chi connectivity index (χ3v) is 5.17. The van der Waals surface area contributed by atoms with Gasteiger partial charge in [-0.05, 0) is 44.7 Å². The van der Waals surface area contributed by atoms with E-state index in [2.05, 4.69) is 20.4 Å². The summed E-state index contributed by atoms with van der Waals surface area (Å²) >= 11 is 0. The number of carbonyl (C=O) groups excluding carboxylic acids is 2. The summed E-state index contributed by atoms with van der Waals surface area (Å²) < 4.78 is 5.01. The van der Waals surface area contributed by atoms with Gasteiger partial charge in [-0.1, -0.05) is 12.8 Å². The van der Waals surface area contributed by atoms with E-state index in [-0.39, 0.29) is 18.0 Å². The number of hydrogen-bond acceptors (Lipinski definition) is 6. The normalized spacial score (nSPS) is 18.7. The maximum absolute atomic E-state index is 12.4. The highest BCUT2D eigenvalue weighted by Crippen LogP contribution is 2.17.